The maximum absolute atomic E-state index is 3.96. The number of rotatable bonds is 9. The van der Waals surface area contributed by atoms with Crippen LogP contribution in [0.15, 0.2) is 165 Å². The summed E-state index contributed by atoms with van der Waals surface area (Å²) in [7, 11) is 2.09. The molecule has 5 aromatic carbocycles. The molecule has 0 unspecified atom stereocenters. The third-order valence-corrected chi connectivity index (χ3v) is 6.85. The van der Waals surface area contributed by atoms with Crippen molar-refractivity contribution in [2.75, 3.05) is 16.8 Å². The van der Waals surface area contributed by atoms with Crippen LogP contribution < -0.4 is 9.80 Å². The molecule has 0 aliphatic heterocycles. The van der Waals surface area contributed by atoms with Crippen LogP contribution in [-0.4, -0.2) is 7.05 Å². The van der Waals surface area contributed by atoms with Crippen LogP contribution in [0.3, 0.4) is 0 Å². The van der Waals surface area contributed by atoms with E-state index < -0.39 is 0 Å². The van der Waals surface area contributed by atoms with E-state index in [9.17, 15) is 0 Å². The molecule has 5 aromatic rings. The van der Waals surface area contributed by atoms with Crippen molar-refractivity contribution in [2.24, 2.45) is 0 Å². The maximum Gasteiger partial charge on any atom is 0.0463 e. The van der Waals surface area contributed by atoms with Gasteiger partial charge in [-0.3, -0.25) is 0 Å². The van der Waals surface area contributed by atoms with Gasteiger partial charge in [-0.05, 0) is 82.9 Å². The Balaban J connectivity index is 1.52. The summed E-state index contributed by atoms with van der Waals surface area (Å²) in [6.45, 7) is 7.79. The first-order valence-corrected chi connectivity index (χ1v) is 13.1. The summed E-state index contributed by atoms with van der Waals surface area (Å²) < 4.78 is 0. The molecule has 0 fully saturated rings. The van der Waals surface area contributed by atoms with Crippen molar-refractivity contribution in [3.05, 3.63) is 170 Å². The van der Waals surface area contributed by atoms with Crippen LogP contribution in [0.4, 0.5) is 28.4 Å². The van der Waals surface area contributed by atoms with Crippen molar-refractivity contribution >= 4 is 34.0 Å². The molecular formula is C37H32N2. The van der Waals surface area contributed by atoms with E-state index in [4.69, 9.17) is 0 Å². The van der Waals surface area contributed by atoms with Gasteiger partial charge in [0.05, 0.1) is 0 Å². The SMILES string of the molecule is C=C/C=C(\C=C)c1ccc(N(c2ccc(-c3ccccc3)cc2)c2ccc(N(C)c3ccccc3)cc2)cc1. The summed E-state index contributed by atoms with van der Waals surface area (Å²) in [6, 6.07) is 46.9. The number of nitrogens with zero attached hydrogens (tertiary/aromatic N) is 2. The molecule has 2 heteroatoms. The largest absolute Gasteiger partial charge is 0.345 e. The monoisotopic (exact) mass is 504 g/mol. The lowest BCUT2D eigenvalue weighted by atomic mass is 10.0. The maximum atomic E-state index is 3.96. The van der Waals surface area contributed by atoms with Crippen LogP contribution in [0.2, 0.25) is 0 Å². The predicted octanol–water partition coefficient (Wildman–Crippen LogP) is 10.3. The first kappa shape index (κ1) is 25.6. The molecule has 0 heterocycles. The first-order chi connectivity index (χ1) is 19.2. The molecule has 39 heavy (non-hydrogen) atoms. The molecule has 0 spiro atoms. The molecule has 0 aliphatic carbocycles. The van der Waals surface area contributed by atoms with Crippen LogP contribution in [0.1, 0.15) is 5.56 Å². The Hall–Kier alpha value is -5.08. The van der Waals surface area contributed by atoms with Gasteiger partial charge in [-0.15, -0.1) is 0 Å². The van der Waals surface area contributed by atoms with Gasteiger partial charge >= 0.3 is 0 Å². The Morgan fingerprint density at radius 1 is 0.513 bits per heavy atom. The van der Waals surface area contributed by atoms with Crippen LogP contribution in [0, 0.1) is 0 Å². The summed E-state index contributed by atoms with van der Waals surface area (Å²) in [4.78, 5) is 4.48. The molecule has 190 valence electrons. The summed E-state index contributed by atoms with van der Waals surface area (Å²) in [5.74, 6) is 0. The lowest BCUT2D eigenvalue weighted by molar-refractivity contribution is 1.20. The molecule has 0 radical (unpaired) electrons. The minimum absolute atomic E-state index is 1.05. The predicted molar refractivity (Wildman–Crippen MR) is 169 cm³/mol. The Morgan fingerprint density at radius 3 is 1.49 bits per heavy atom. The van der Waals surface area contributed by atoms with Crippen molar-refractivity contribution in [2.45, 2.75) is 0 Å². The molecule has 0 atom stereocenters. The van der Waals surface area contributed by atoms with Crippen molar-refractivity contribution < 1.29 is 0 Å². The van der Waals surface area contributed by atoms with E-state index in [1.165, 1.54) is 11.1 Å². The minimum atomic E-state index is 1.05. The van der Waals surface area contributed by atoms with E-state index in [-0.39, 0.29) is 0 Å². The summed E-state index contributed by atoms with van der Waals surface area (Å²) >= 11 is 0. The second-order valence-electron chi connectivity index (χ2n) is 9.27. The Labute approximate surface area is 232 Å². The normalized spacial score (nSPS) is 11.1. The van der Waals surface area contributed by atoms with Gasteiger partial charge in [0.1, 0.15) is 0 Å². The zero-order valence-corrected chi connectivity index (χ0v) is 22.2. The van der Waals surface area contributed by atoms with Gasteiger partial charge in [0.25, 0.3) is 0 Å². The van der Waals surface area contributed by atoms with E-state index >= 15 is 0 Å². The average Bonchev–Trinajstić information content (AvgIpc) is 3.02. The minimum Gasteiger partial charge on any atom is -0.345 e. The van der Waals surface area contributed by atoms with Crippen LogP contribution in [-0.2, 0) is 0 Å². The van der Waals surface area contributed by atoms with Gasteiger partial charge in [-0.1, -0.05) is 104 Å². The number of benzene rings is 5. The third kappa shape index (κ3) is 5.76. The molecule has 0 aliphatic rings. The quantitative estimate of drug-likeness (QED) is 0.184. The van der Waals surface area contributed by atoms with E-state index in [0.717, 1.165) is 39.6 Å². The highest BCUT2D eigenvalue weighted by atomic mass is 15.1. The number of allylic oxidation sites excluding steroid dienone is 4. The second-order valence-corrected chi connectivity index (χ2v) is 9.27. The van der Waals surface area contributed by atoms with Crippen LogP contribution in [0.5, 0.6) is 0 Å². The Bertz CT molecular complexity index is 1550. The van der Waals surface area contributed by atoms with Gasteiger partial charge in [-0.2, -0.15) is 0 Å². The van der Waals surface area contributed by atoms with Crippen molar-refractivity contribution in [3.63, 3.8) is 0 Å². The summed E-state index contributed by atoms with van der Waals surface area (Å²) in [6.07, 6.45) is 5.63. The molecule has 0 saturated heterocycles. The van der Waals surface area contributed by atoms with Gasteiger partial charge in [-0.25, -0.2) is 0 Å². The molecular weight excluding hydrogens is 472 g/mol. The molecule has 0 aromatic heterocycles. The van der Waals surface area contributed by atoms with Gasteiger partial charge in [0.15, 0.2) is 0 Å². The van der Waals surface area contributed by atoms with E-state index in [0.29, 0.717) is 0 Å². The second kappa shape index (κ2) is 12.0. The Morgan fingerprint density at radius 2 is 0.949 bits per heavy atom. The number of para-hydroxylation sites is 1. The average molecular weight is 505 g/mol. The number of hydrogen-bond donors (Lipinski definition) is 0. The summed E-state index contributed by atoms with van der Waals surface area (Å²) in [5.41, 5.74) is 10.1. The molecule has 0 bridgehead atoms. The third-order valence-electron chi connectivity index (χ3n) is 6.85. The molecule has 0 N–H and O–H groups in total. The fourth-order valence-electron chi connectivity index (χ4n) is 4.72. The van der Waals surface area contributed by atoms with Gasteiger partial charge in [0.2, 0.25) is 0 Å². The Kier molecular flexibility index (Phi) is 7.85. The first-order valence-electron chi connectivity index (χ1n) is 13.1. The topological polar surface area (TPSA) is 6.48 Å². The van der Waals surface area contributed by atoms with Crippen molar-refractivity contribution in [3.8, 4) is 11.1 Å². The molecule has 0 amide bonds. The smallest absolute Gasteiger partial charge is 0.0463 e. The van der Waals surface area contributed by atoms with Crippen molar-refractivity contribution in [1.82, 2.24) is 0 Å². The zero-order valence-electron chi connectivity index (χ0n) is 22.2. The number of anilines is 5. The lowest BCUT2D eigenvalue weighted by Crippen LogP contribution is -2.12. The van der Waals surface area contributed by atoms with E-state index in [1.54, 1.807) is 6.08 Å². The molecule has 2 nitrogen and oxygen atoms in total. The van der Waals surface area contributed by atoms with E-state index in [2.05, 4.69) is 151 Å². The van der Waals surface area contributed by atoms with Crippen molar-refractivity contribution in [1.29, 1.82) is 0 Å². The highest BCUT2D eigenvalue weighted by molar-refractivity contribution is 5.81. The van der Waals surface area contributed by atoms with E-state index in [1.807, 2.05) is 24.3 Å². The molecule has 5 rings (SSSR count). The molecule has 0 saturated carbocycles. The van der Waals surface area contributed by atoms with Crippen LogP contribution >= 0.6 is 0 Å². The zero-order chi connectivity index (χ0) is 27.0. The summed E-state index contributed by atoms with van der Waals surface area (Å²) in [5, 5.41) is 0. The van der Waals surface area contributed by atoms with Gasteiger partial charge in [0, 0.05) is 35.5 Å². The van der Waals surface area contributed by atoms with Crippen LogP contribution in [0.25, 0.3) is 16.7 Å². The highest BCUT2D eigenvalue weighted by Crippen LogP contribution is 2.37. The van der Waals surface area contributed by atoms with Gasteiger partial charge < -0.3 is 9.80 Å². The fraction of sp³-hybridized carbons (Fsp3) is 0.0270. The standard InChI is InChI=1S/C37H32N2/c1-4-12-29(5-2)31-17-21-35(22-18-31)39(36-23-19-32(20-24-36)30-13-8-6-9-14-30)37-27-25-34(26-28-37)38(3)33-15-10-7-11-16-33/h4-28H,1-2H2,3H3/b29-12+. The fourth-order valence-corrected chi connectivity index (χ4v) is 4.72. The highest BCUT2D eigenvalue weighted by Gasteiger charge is 2.14. The lowest BCUT2D eigenvalue weighted by Gasteiger charge is -2.27. The number of hydrogen-bond acceptors (Lipinski definition) is 2.